The zero-order valence-corrected chi connectivity index (χ0v) is 12.2. The van der Waals surface area contributed by atoms with Gasteiger partial charge in [-0.25, -0.2) is 4.79 Å². The lowest BCUT2D eigenvalue weighted by atomic mass is 10.0. The summed E-state index contributed by atoms with van der Waals surface area (Å²) in [6.45, 7) is 2.73. The van der Waals surface area contributed by atoms with E-state index in [1.807, 2.05) is 28.8 Å². The maximum atomic E-state index is 12.2. The molecule has 114 valence electrons. The number of hydrogen-bond acceptors (Lipinski definition) is 2. The average molecular weight is 291 g/mol. The highest BCUT2D eigenvalue weighted by Crippen LogP contribution is 2.24. The van der Waals surface area contributed by atoms with Gasteiger partial charge in [0.2, 0.25) is 0 Å². The third-order valence-corrected chi connectivity index (χ3v) is 4.40. The number of likely N-dealkylation sites (tertiary alicyclic amines) is 1. The van der Waals surface area contributed by atoms with Crippen LogP contribution in [-0.4, -0.2) is 40.8 Å². The molecular weight excluding hydrogens is 269 g/mol. The van der Waals surface area contributed by atoms with E-state index in [4.69, 9.17) is 0 Å². The number of halogens is 1. The number of alkyl halides is 1. The predicted molar refractivity (Wildman–Crippen MR) is 82.5 cm³/mol. The largest absolute Gasteiger partial charge is 0.326 e. The summed E-state index contributed by atoms with van der Waals surface area (Å²) in [5.41, 5.74) is 1.90. The second-order valence-corrected chi connectivity index (χ2v) is 5.79. The number of aromatic amines is 1. The molecule has 1 aromatic carbocycles. The molecule has 1 fully saturated rings. The summed E-state index contributed by atoms with van der Waals surface area (Å²) in [4.78, 5) is 17.5. The van der Waals surface area contributed by atoms with Crippen molar-refractivity contribution in [2.75, 3.05) is 26.3 Å². The molecule has 21 heavy (non-hydrogen) atoms. The minimum atomic E-state index is -0.221. The zero-order valence-electron chi connectivity index (χ0n) is 12.2. The van der Waals surface area contributed by atoms with Gasteiger partial charge in [0.25, 0.3) is 0 Å². The quantitative estimate of drug-likeness (QED) is 0.861. The minimum absolute atomic E-state index is 0.00733. The zero-order chi connectivity index (χ0) is 14.7. The van der Waals surface area contributed by atoms with Gasteiger partial charge in [-0.2, -0.15) is 0 Å². The van der Waals surface area contributed by atoms with Gasteiger partial charge in [0.1, 0.15) is 0 Å². The Hall–Kier alpha value is -1.62. The molecule has 2 aromatic rings. The van der Waals surface area contributed by atoms with Crippen LogP contribution in [-0.2, 0) is 0 Å². The van der Waals surface area contributed by atoms with Gasteiger partial charge >= 0.3 is 5.69 Å². The number of unbranched alkanes of at least 4 members (excludes halogenated alkanes) is 1. The summed E-state index contributed by atoms with van der Waals surface area (Å²) in [7, 11) is 0. The number of rotatable bonds is 5. The molecular formula is C16H22FN3O. The molecule has 1 N–H and O–H groups in total. The molecule has 1 aliphatic rings. The Morgan fingerprint density at radius 2 is 1.95 bits per heavy atom. The van der Waals surface area contributed by atoms with Crippen LogP contribution in [0.25, 0.3) is 11.0 Å². The first kappa shape index (κ1) is 14.3. The normalized spacial score (nSPS) is 17.6. The lowest BCUT2D eigenvalue weighted by molar-refractivity contribution is 0.182. The van der Waals surface area contributed by atoms with Crippen LogP contribution in [0, 0.1) is 0 Å². The van der Waals surface area contributed by atoms with E-state index in [9.17, 15) is 9.18 Å². The van der Waals surface area contributed by atoms with Crippen LogP contribution in [0.1, 0.15) is 31.7 Å². The molecule has 0 radical (unpaired) electrons. The fraction of sp³-hybridized carbons (Fsp3) is 0.562. The van der Waals surface area contributed by atoms with Crippen LogP contribution < -0.4 is 5.69 Å². The van der Waals surface area contributed by atoms with E-state index in [0.717, 1.165) is 49.9 Å². The number of imidazole rings is 1. The monoisotopic (exact) mass is 291 g/mol. The van der Waals surface area contributed by atoms with Gasteiger partial charge in [-0.15, -0.1) is 0 Å². The Balaban J connectivity index is 1.68. The van der Waals surface area contributed by atoms with E-state index in [2.05, 4.69) is 9.88 Å². The first-order valence-electron chi connectivity index (χ1n) is 7.77. The Kier molecular flexibility index (Phi) is 4.39. The number of benzene rings is 1. The van der Waals surface area contributed by atoms with E-state index in [1.165, 1.54) is 0 Å². The van der Waals surface area contributed by atoms with Gasteiger partial charge in [-0.1, -0.05) is 12.1 Å². The summed E-state index contributed by atoms with van der Waals surface area (Å²) >= 11 is 0. The molecule has 0 spiro atoms. The molecule has 0 saturated carbocycles. The van der Waals surface area contributed by atoms with Crippen molar-refractivity contribution in [1.82, 2.24) is 14.5 Å². The minimum Gasteiger partial charge on any atom is -0.306 e. The summed E-state index contributed by atoms with van der Waals surface area (Å²) in [5.74, 6) is 0. The maximum absolute atomic E-state index is 12.2. The van der Waals surface area contributed by atoms with Crippen LogP contribution in [0.5, 0.6) is 0 Å². The standard InChI is InChI=1S/C16H22FN3O/c17-9-3-4-10-19-11-7-13(8-12-19)20-15-6-2-1-5-14(15)18-16(20)21/h1-2,5-6,13H,3-4,7-12H2,(H,18,21). The van der Waals surface area contributed by atoms with Crippen LogP contribution in [0.15, 0.2) is 29.1 Å². The molecule has 0 aliphatic carbocycles. The van der Waals surface area contributed by atoms with E-state index >= 15 is 0 Å². The maximum Gasteiger partial charge on any atom is 0.326 e. The molecule has 0 bridgehead atoms. The van der Waals surface area contributed by atoms with Crippen molar-refractivity contribution in [2.45, 2.75) is 31.7 Å². The summed E-state index contributed by atoms with van der Waals surface area (Å²) < 4.78 is 14.0. The average Bonchev–Trinajstić information content (AvgIpc) is 2.84. The molecule has 1 aromatic heterocycles. The van der Waals surface area contributed by atoms with Crippen molar-refractivity contribution in [3.05, 3.63) is 34.7 Å². The number of hydrogen-bond donors (Lipinski definition) is 1. The molecule has 1 aliphatic heterocycles. The smallest absolute Gasteiger partial charge is 0.306 e. The lowest BCUT2D eigenvalue weighted by Crippen LogP contribution is -2.37. The molecule has 0 atom stereocenters. The number of nitrogens with zero attached hydrogens (tertiary/aromatic N) is 2. The number of piperidine rings is 1. The number of H-pyrrole nitrogens is 1. The number of aromatic nitrogens is 2. The molecule has 5 heteroatoms. The van der Waals surface area contributed by atoms with Gasteiger partial charge in [0, 0.05) is 19.1 Å². The molecule has 4 nitrogen and oxygen atoms in total. The fourth-order valence-electron chi connectivity index (χ4n) is 3.27. The molecule has 0 amide bonds. The van der Waals surface area contributed by atoms with Gasteiger partial charge in [0.15, 0.2) is 0 Å². The Labute approximate surface area is 123 Å². The van der Waals surface area contributed by atoms with E-state index in [0.29, 0.717) is 6.42 Å². The number of nitrogens with one attached hydrogen (secondary N) is 1. The van der Waals surface area contributed by atoms with E-state index in [1.54, 1.807) is 0 Å². The van der Waals surface area contributed by atoms with Crippen LogP contribution in [0.3, 0.4) is 0 Å². The van der Waals surface area contributed by atoms with Gasteiger partial charge < -0.3 is 9.88 Å². The van der Waals surface area contributed by atoms with Crippen molar-refractivity contribution in [2.24, 2.45) is 0 Å². The van der Waals surface area contributed by atoms with E-state index < -0.39 is 0 Å². The topological polar surface area (TPSA) is 41.0 Å². The second-order valence-electron chi connectivity index (χ2n) is 5.79. The first-order valence-corrected chi connectivity index (χ1v) is 7.77. The van der Waals surface area contributed by atoms with Crippen LogP contribution in [0.4, 0.5) is 4.39 Å². The Morgan fingerprint density at radius 1 is 1.19 bits per heavy atom. The van der Waals surface area contributed by atoms with Crippen molar-refractivity contribution < 1.29 is 4.39 Å². The van der Waals surface area contributed by atoms with E-state index in [-0.39, 0.29) is 18.4 Å². The Bertz CT molecular complexity index is 640. The summed E-state index contributed by atoms with van der Waals surface area (Å²) in [5, 5.41) is 0. The van der Waals surface area contributed by atoms with Crippen LogP contribution >= 0.6 is 0 Å². The van der Waals surface area contributed by atoms with Crippen molar-refractivity contribution >= 4 is 11.0 Å². The molecule has 3 rings (SSSR count). The van der Waals surface area contributed by atoms with Gasteiger partial charge in [-0.05, 0) is 44.4 Å². The number of fused-ring (bicyclic) bond motifs is 1. The highest BCUT2D eigenvalue weighted by Gasteiger charge is 2.23. The SMILES string of the molecule is O=c1[nH]c2ccccc2n1C1CCN(CCCCF)CC1. The van der Waals surface area contributed by atoms with Crippen molar-refractivity contribution in [1.29, 1.82) is 0 Å². The predicted octanol–water partition coefficient (Wildman–Crippen LogP) is 2.72. The van der Waals surface area contributed by atoms with Gasteiger partial charge in [-0.3, -0.25) is 8.96 Å². The number of para-hydroxylation sites is 2. The highest BCUT2D eigenvalue weighted by atomic mass is 19.1. The fourth-order valence-corrected chi connectivity index (χ4v) is 3.27. The van der Waals surface area contributed by atoms with Crippen molar-refractivity contribution in [3.8, 4) is 0 Å². The first-order chi connectivity index (χ1) is 10.3. The third kappa shape index (κ3) is 3.02. The molecule has 1 saturated heterocycles. The Morgan fingerprint density at radius 3 is 2.71 bits per heavy atom. The third-order valence-electron chi connectivity index (χ3n) is 4.40. The summed E-state index contributed by atoms with van der Waals surface area (Å²) in [6, 6.07) is 8.13. The molecule has 0 unspecified atom stereocenters. The van der Waals surface area contributed by atoms with Crippen LogP contribution in [0.2, 0.25) is 0 Å². The second kappa shape index (κ2) is 6.43. The lowest BCUT2D eigenvalue weighted by Gasteiger charge is -2.32. The van der Waals surface area contributed by atoms with Gasteiger partial charge in [0.05, 0.1) is 17.7 Å². The molecule has 2 heterocycles. The van der Waals surface area contributed by atoms with Crippen molar-refractivity contribution in [3.63, 3.8) is 0 Å². The summed E-state index contributed by atoms with van der Waals surface area (Å²) in [6.07, 6.45) is 3.55. The highest BCUT2D eigenvalue weighted by molar-refractivity contribution is 5.75.